The summed E-state index contributed by atoms with van der Waals surface area (Å²) in [6, 6.07) is 0. The summed E-state index contributed by atoms with van der Waals surface area (Å²) < 4.78 is 4.84. The van der Waals surface area contributed by atoms with Crippen LogP contribution in [0.25, 0.3) is 0 Å². The second-order valence-electron chi connectivity index (χ2n) is 2.29. The highest BCUT2D eigenvalue weighted by molar-refractivity contribution is 6.22. The predicted molar refractivity (Wildman–Crippen MR) is 40.6 cm³/mol. The number of likely N-dealkylation sites (N-methyl/N-ethyl adjacent to an activating group) is 1. The summed E-state index contributed by atoms with van der Waals surface area (Å²) in [4.78, 5) is 22.1. The molecule has 0 aliphatic carbocycles. The topological polar surface area (TPSA) is 58.6 Å². The van der Waals surface area contributed by atoms with E-state index in [0.29, 0.717) is 6.61 Å². The van der Waals surface area contributed by atoms with Gasteiger partial charge in [0.2, 0.25) is 0 Å². The summed E-state index contributed by atoms with van der Waals surface area (Å²) in [7, 11) is 1.48. The summed E-state index contributed by atoms with van der Waals surface area (Å²) >= 11 is 0. The van der Waals surface area contributed by atoms with Crippen LogP contribution in [-0.2, 0) is 14.3 Å². The van der Waals surface area contributed by atoms with Crippen LogP contribution >= 0.6 is 0 Å². The van der Waals surface area contributed by atoms with Crippen LogP contribution in [0.2, 0.25) is 0 Å². The van der Waals surface area contributed by atoms with Gasteiger partial charge in [0.05, 0.1) is 6.61 Å². The lowest BCUT2D eigenvalue weighted by Crippen LogP contribution is -2.31. The first-order valence-corrected chi connectivity index (χ1v) is 3.57. The molecule has 1 fully saturated rings. The molecule has 5 nitrogen and oxygen atoms in total. The molecule has 0 bridgehead atoms. The summed E-state index contributed by atoms with van der Waals surface area (Å²) in [5, 5.41) is 1.12. The highest BCUT2D eigenvalue weighted by Gasteiger charge is 2.31. The van der Waals surface area contributed by atoms with Crippen molar-refractivity contribution in [3.63, 3.8) is 0 Å². The van der Waals surface area contributed by atoms with E-state index in [0.717, 1.165) is 5.01 Å². The molecule has 0 spiro atoms. The van der Waals surface area contributed by atoms with E-state index in [4.69, 9.17) is 4.74 Å². The van der Waals surface area contributed by atoms with E-state index in [9.17, 15) is 9.59 Å². The van der Waals surface area contributed by atoms with Gasteiger partial charge in [-0.3, -0.25) is 20.0 Å². The van der Waals surface area contributed by atoms with Gasteiger partial charge >= 0.3 is 0 Å². The largest absolute Gasteiger partial charge is 0.500 e. The predicted octanol–water partition coefficient (Wildman–Crippen LogP) is -0.590. The Bertz CT molecular complexity index is 247. The van der Waals surface area contributed by atoms with Crippen LogP contribution in [0.5, 0.6) is 0 Å². The summed E-state index contributed by atoms with van der Waals surface area (Å²) in [6.45, 7) is 2.21. The highest BCUT2D eigenvalue weighted by atomic mass is 16.5. The molecule has 1 rings (SSSR count). The Morgan fingerprint density at radius 2 is 2.25 bits per heavy atom. The van der Waals surface area contributed by atoms with Gasteiger partial charge in [-0.2, -0.15) is 0 Å². The van der Waals surface area contributed by atoms with Crippen molar-refractivity contribution in [3.8, 4) is 0 Å². The minimum Gasteiger partial charge on any atom is -0.500 e. The minimum absolute atomic E-state index is 0.0411. The number of nitrogens with one attached hydrogen (secondary N) is 1. The van der Waals surface area contributed by atoms with E-state index in [2.05, 4.69) is 5.43 Å². The zero-order chi connectivity index (χ0) is 9.14. The Labute approximate surface area is 69.9 Å². The first kappa shape index (κ1) is 8.58. The van der Waals surface area contributed by atoms with Gasteiger partial charge in [0.1, 0.15) is 11.8 Å². The van der Waals surface area contributed by atoms with E-state index in [1.807, 2.05) is 0 Å². The van der Waals surface area contributed by atoms with Crippen LogP contribution in [-0.4, -0.2) is 30.5 Å². The quantitative estimate of drug-likeness (QED) is 0.342. The number of nitrogens with zero attached hydrogens (tertiary/aromatic N) is 1. The van der Waals surface area contributed by atoms with Crippen LogP contribution in [0, 0.1) is 0 Å². The van der Waals surface area contributed by atoms with Crippen molar-refractivity contribution >= 4 is 11.8 Å². The maximum atomic E-state index is 11.1. The number of carbonyl (C=O) groups excluding carboxylic acids is 2. The zero-order valence-corrected chi connectivity index (χ0v) is 6.96. The fourth-order valence-electron chi connectivity index (χ4n) is 0.812. The monoisotopic (exact) mass is 170 g/mol. The number of hydrogen-bond acceptors (Lipinski definition) is 3. The molecular weight excluding hydrogens is 160 g/mol. The van der Waals surface area contributed by atoms with Gasteiger partial charge in [-0.05, 0) is 6.92 Å². The normalized spacial score (nSPS) is 20.2. The van der Waals surface area contributed by atoms with Crippen LogP contribution < -0.4 is 5.43 Å². The number of ether oxygens (including phenoxy) is 1. The van der Waals surface area contributed by atoms with E-state index in [1.165, 1.54) is 13.3 Å². The maximum absolute atomic E-state index is 11.1. The van der Waals surface area contributed by atoms with Crippen LogP contribution in [0.3, 0.4) is 0 Å². The van der Waals surface area contributed by atoms with E-state index in [-0.39, 0.29) is 11.5 Å². The van der Waals surface area contributed by atoms with Crippen molar-refractivity contribution in [2.24, 2.45) is 0 Å². The molecule has 1 heterocycles. The Morgan fingerprint density at radius 3 is 2.67 bits per heavy atom. The van der Waals surface area contributed by atoms with Crippen molar-refractivity contribution in [2.45, 2.75) is 6.92 Å². The summed E-state index contributed by atoms with van der Waals surface area (Å²) in [5.74, 6) is -0.788. The second-order valence-corrected chi connectivity index (χ2v) is 2.29. The van der Waals surface area contributed by atoms with E-state index < -0.39 is 5.91 Å². The third-order valence-electron chi connectivity index (χ3n) is 1.42. The smallest absolute Gasteiger partial charge is 0.280 e. The molecular formula is C7H10N2O3. The summed E-state index contributed by atoms with van der Waals surface area (Å²) in [6.07, 6.45) is 1.18. The van der Waals surface area contributed by atoms with Crippen molar-refractivity contribution < 1.29 is 14.3 Å². The standard InChI is InChI=1S/C7H10N2O3/c1-3-12-4-5-6(10)8-9(2)7(5)11/h4H,3H2,1-2H3,(H,8,10)/b5-4+. The zero-order valence-electron chi connectivity index (χ0n) is 6.96. The van der Waals surface area contributed by atoms with Gasteiger partial charge in [0.15, 0.2) is 0 Å². The van der Waals surface area contributed by atoms with Gasteiger partial charge in [0.25, 0.3) is 11.8 Å². The molecule has 1 aliphatic rings. The van der Waals surface area contributed by atoms with E-state index in [1.54, 1.807) is 6.92 Å². The number of carbonyl (C=O) groups is 2. The molecule has 66 valence electrons. The third kappa shape index (κ3) is 1.39. The fourth-order valence-corrected chi connectivity index (χ4v) is 0.812. The molecule has 0 saturated carbocycles. The SMILES string of the molecule is CCO/C=C1\C(=O)NN(C)C1=O. The Kier molecular flexibility index (Phi) is 2.32. The Hall–Kier alpha value is -1.52. The first-order valence-electron chi connectivity index (χ1n) is 3.57. The Morgan fingerprint density at radius 1 is 1.58 bits per heavy atom. The number of rotatable bonds is 2. The molecule has 1 aliphatic heterocycles. The third-order valence-corrected chi connectivity index (χ3v) is 1.42. The molecule has 0 aromatic rings. The molecule has 5 heteroatoms. The van der Waals surface area contributed by atoms with Gasteiger partial charge in [-0.1, -0.05) is 0 Å². The van der Waals surface area contributed by atoms with Gasteiger partial charge in [-0.15, -0.1) is 0 Å². The minimum atomic E-state index is -0.420. The first-order chi connectivity index (χ1) is 5.66. The summed E-state index contributed by atoms with van der Waals surface area (Å²) in [5.41, 5.74) is 2.36. The lowest BCUT2D eigenvalue weighted by Gasteiger charge is -2.03. The molecule has 1 saturated heterocycles. The molecule has 2 amide bonds. The fraction of sp³-hybridized carbons (Fsp3) is 0.429. The molecule has 0 unspecified atom stereocenters. The molecule has 0 aromatic carbocycles. The lowest BCUT2D eigenvalue weighted by atomic mass is 10.3. The molecule has 0 aromatic heterocycles. The number of amides is 2. The van der Waals surface area contributed by atoms with Crippen molar-refractivity contribution in [3.05, 3.63) is 11.8 Å². The van der Waals surface area contributed by atoms with Gasteiger partial charge in [-0.25, -0.2) is 0 Å². The molecule has 12 heavy (non-hydrogen) atoms. The lowest BCUT2D eigenvalue weighted by molar-refractivity contribution is -0.126. The van der Waals surface area contributed by atoms with Crippen molar-refractivity contribution in [1.82, 2.24) is 10.4 Å². The van der Waals surface area contributed by atoms with Crippen molar-refractivity contribution in [2.75, 3.05) is 13.7 Å². The van der Waals surface area contributed by atoms with Crippen LogP contribution in [0.1, 0.15) is 6.92 Å². The Balaban J connectivity index is 2.76. The maximum Gasteiger partial charge on any atom is 0.280 e. The van der Waals surface area contributed by atoms with Crippen molar-refractivity contribution in [1.29, 1.82) is 0 Å². The second kappa shape index (κ2) is 3.25. The number of hydrazine groups is 1. The van der Waals surface area contributed by atoms with Gasteiger partial charge in [0, 0.05) is 7.05 Å². The average Bonchev–Trinajstić information content (AvgIpc) is 2.25. The number of hydrogen-bond donors (Lipinski definition) is 1. The molecule has 0 atom stereocenters. The van der Waals surface area contributed by atoms with Crippen LogP contribution in [0.15, 0.2) is 11.8 Å². The average molecular weight is 170 g/mol. The van der Waals surface area contributed by atoms with Gasteiger partial charge < -0.3 is 4.74 Å². The highest BCUT2D eigenvalue weighted by Crippen LogP contribution is 2.06. The van der Waals surface area contributed by atoms with E-state index >= 15 is 0 Å². The molecule has 0 radical (unpaired) electrons. The molecule has 1 N–H and O–H groups in total. The van der Waals surface area contributed by atoms with Crippen LogP contribution in [0.4, 0.5) is 0 Å².